The zero-order valence-electron chi connectivity index (χ0n) is 12.0. The van der Waals surface area contributed by atoms with Crippen molar-refractivity contribution in [2.45, 2.75) is 19.4 Å². The van der Waals surface area contributed by atoms with Crippen molar-refractivity contribution in [3.05, 3.63) is 29.8 Å². The average Bonchev–Trinajstić information content (AvgIpc) is 2.26. The van der Waals surface area contributed by atoms with Crippen LogP contribution < -0.4 is 11.1 Å². The number of para-hydroxylation sites is 1. The molecule has 0 radical (unpaired) electrons. The van der Waals surface area contributed by atoms with Gasteiger partial charge in [0.05, 0.1) is 17.8 Å². The lowest BCUT2D eigenvalue weighted by Gasteiger charge is -2.25. The van der Waals surface area contributed by atoms with Gasteiger partial charge in [-0.15, -0.1) is 0 Å². The molecule has 4 N–H and O–H groups in total. The SMILES string of the molecule is CN(CC(=O)Nc1ccccc1C(N)=S)CC(C)(C)O. The third-order valence-electron chi connectivity index (χ3n) is 2.54. The lowest BCUT2D eigenvalue weighted by molar-refractivity contribution is -0.117. The highest BCUT2D eigenvalue weighted by Gasteiger charge is 2.17. The number of nitrogens with two attached hydrogens (primary N) is 1. The van der Waals surface area contributed by atoms with Crippen LogP contribution in [0.15, 0.2) is 24.3 Å². The van der Waals surface area contributed by atoms with Crippen LogP contribution in [-0.2, 0) is 4.79 Å². The van der Waals surface area contributed by atoms with Crippen LogP contribution in [0.3, 0.4) is 0 Å². The summed E-state index contributed by atoms with van der Waals surface area (Å²) in [6, 6.07) is 7.13. The number of hydrogen-bond acceptors (Lipinski definition) is 4. The molecule has 6 heteroatoms. The van der Waals surface area contributed by atoms with Crippen molar-refractivity contribution in [3.8, 4) is 0 Å². The molecule has 0 fully saturated rings. The first-order chi connectivity index (χ1) is 9.19. The van der Waals surface area contributed by atoms with E-state index in [9.17, 15) is 9.90 Å². The maximum Gasteiger partial charge on any atom is 0.238 e. The number of anilines is 1. The van der Waals surface area contributed by atoms with Crippen molar-refractivity contribution in [2.75, 3.05) is 25.5 Å². The molecule has 0 aliphatic carbocycles. The van der Waals surface area contributed by atoms with Crippen molar-refractivity contribution >= 4 is 28.8 Å². The van der Waals surface area contributed by atoms with Crippen LogP contribution in [0.2, 0.25) is 0 Å². The molecule has 1 rings (SSSR count). The lowest BCUT2D eigenvalue weighted by atomic mass is 10.1. The van der Waals surface area contributed by atoms with Crippen molar-refractivity contribution in [2.24, 2.45) is 5.73 Å². The lowest BCUT2D eigenvalue weighted by Crippen LogP contribution is -2.40. The summed E-state index contributed by atoms with van der Waals surface area (Å²) in [7, 11) is 1.77. The summed E-state index contributed by atoms with van der Waals surface area (Å²) in [6.45, 7) is 3.97. The monoisotopic (exact) mass is 295 g/mol. The predicted octanol–water partition coefficient (Wildman–Crippen LogP) is 0.962. The van der Waals surface area contributed by atoms with Crippen molar-refractivity contribution in [1.29, 1.82) is 0 Å². The van der Waals surface area contributed by atoms with Gasteiger partial charge in [0.2, 0.25) is 5.91 Å². The molecular formula is C14H21N3O2S. The summed E-state index contributed by atoms with van der Waals surface area (Å²) in [5.74, 6) is -0.180. The summed E-state index contributed by atoms with van der Waals surface area (Å²) in [4.78, 5) is 14.0. The average molecular weight is 295 g/mol. The second-order valence-corrected chi connectivity index (χ2v) is 5.88. The van der Waals surface area contributed by atoms with Gasteiger partial charge < -0.3 is 16.2 Å². The van der Waals surface area contributed by atoms with E-state index in [-0.39, 0.29) is 17.4 Å². The minimum atomic E-state index is -0.842. The smallest absolute Gasteiger partial charge is 0.238 e. The molecule has 0 aliphatic heterocycles. The number of likely N-dealkylation sites (N-methyl/N-ethyl adjacent to an activating group) is 1. The van der Waals surface area contributed by atoms with Crippen LogP contribution in [0.1, 0.15) is 19.4 Å². The highest BCUT2D eigenvalue weighted by molar-refractivity contribution is 7.80. The number of benzene rings is 1. The fraction of sp³-hybridized carbons (Fsp3) is 0.429. The molecular weight excluding hydrogens is 274 g/mol. The molecule has 0 saturated carbocycles. The van der Waals surface area contributed by atoms with Crippen LogP contribution in [0.5, 0.6) is 0 Å². The summed E-state index contributed by atoms with van der Waals surface area (Å²) >= 11 is 4.94. The van der Waals surface area contributed by atoms with Gasteiger partial charge in [-0.25, -0.2) is 0 Å². The summed E-state index contributed by atoms with van der Waals surface area (Å²) < 4.78 is 0. The second-order valence-electron chi connectivity index (χ2n) is 5.44. The molecule has 110 valence electrons. The highest BCUT2D eigenvalue weighted by Crippen LogP contribution is 2.14. The Kier molecular flexibility index (Phi) is 5.62. The zero-order chi connectivity index (χ0) is 15.3. The highest BCUT2D eigenvalue weighted by atomic mass is 32.1. The van der Waals surface area contributed by atoms with Crippen LogP contribution in [0.25, 0.3) is 0 Å². The van der Waals surface area contributed by atoms with E-state index in [0.717, 1.165) is 0 Å². The molecule has 0 atom stereocenters. The Bertz CT molecular complexity index is 497. The normalized spacial score (nSPS) is 11.4. The zero-order valence-corrected chi connectivity index (χ0v) is 12.8. The van der Waals surface area contributed by atoms with Gasteiger partial charge in [0, 0.05) is 12.1 Å². The molecule has 0 unspecified atom stereocenters. The standard InChI is InChI=1S/C14H21N3O2S/c1-14(2,19)9-17(3)8-12(18)16-11-7-5-4-6-10(11)13(15)20/h4-7,19H,8-9H2,1-3H3,(H2,15,20)(H,16,18). The number of carbonyl (C=O) groups excluding carboxylic acids is 1. The number of aliphatic hydroxyl groups is 1. The van der Waals surface area contributed by atoms with Crippen LogP contribution in [0, 0.1) is 0 Å². The van der Waals surface area contributed by atoms with Gasteiger partial charge >= 0.3 is 0 Å². The maximum atomic E-state index is 12.0. The van der Waals surface area contributed by atoms with Crippen molar-refractivity contribution in [1.82, 2.24) is 4.90 Å². The molecule has 5 nitrogen and oxygen atoms in total. The van der Waals surface area contributed by atoms with Gasteiger partial charge in [-0.2, -0.15) is 0 Å². The van der Waals surface area contributed by atoms with Gasteiger partial charge in [-0.1, -0.05) is 24.4 Å². The maximum absolute atomic E-state index is 12.0. The van der Waals surface area contributed by atoms with E-state index >= 15 is 0 Å². The van der Waals surface area contributed by atoms with Gasteiger partial charge in [-0.05, 0) is 33.0 Å². The molecule has 0 aliphatic rings. The first-order valence-corrected chi connectivity index (χ1v) is 6.69. The van der Waals surface area contributed by atoms with Gasteiger partial charge in [0.25, 0.3) is 0 Å². The molecule has 0 heterocycles. The second kappa shape index (κ2) is 6.78. The molecule has 1 aromatic carbocycles. The summed E-state index contributed by atoms with van der Waals surface area (Å²) in [6.07, 6.45) is 0. The first-order valence-electron chi connectivity index (χ1n) is 6.28. The Morgan fingerprint density at radius 3 is 2.60 bits per heavy atom. The third kappa shape index (κ3) is 5.64. The number of nitrogens with zero attached hydrogens (tertiary/aromatic N) is 1. The summed E-state index contributed by atoms with van der Waals surface area (Å²) in [5, 5.41) is 12.5. The first kappa shape index (κ1) is 16.6. The topological polar surface area (TPSA) is 78.6 Å². The number of rotatable bonds is 6. The van der Waals surface area contributed by atoms with E-state index in [4.69, 9.17) is 18.0 Å². The molecule has 20 heavy (non-hydrogen) atoms. The fourth-order valence-corrected chi connectivity index (χ4v) is 2.14. The van der Waals surface area contributed by atoms with Gasteiger partial charge in [-0.3, -0.25) is 9.69 Å². The number of hydrogen-bond donors (Lipinski definition) is 3. The summed E-state index contributed by atoms with van der Waals surface area (Å²) in [5.41, 5.74) is 6.01. The third-order valence-corrected chi connectivity index (χ3v) is 2.76. The Morgan fingerprint density at radius 1 is 1.45 bits per heavy atom. The number of nitrogens with one attached hydrogen (secondary N) is 1. The minimum Gasteiger partial charge on any atom is -0.389 e. The fourth-order valence-electron chi connectivity index (χ4n) is 1.96. The molecule has 0 aromatic heterocycles. The number of amides is 1. The van der Waals surface area contributed by atoms with Crippen LogP contribution >= 0.6 is 12.2 Å². The number of carbonyl (C=O) groups is 1. The van der Waals surface area contributed by atoms with E-state index in [2.05, 4.69) is 5.32 Å². The Balaban J connectivity index is 2.66. The minimum absolute atomic E-state index is 0.176. The molecule has 0 bridgehead atoms. The van der Waals surface area contributed by atoms with E-state index in [0.29, 0.717) is 17.8 Å². The van der Waals surface area contributed by atoms with E-state index in [1.54, 1.807) is 44.0 Å². The molecule has 1 aromatic rings. The van der Waals surface area contributed by atoms with Crippen molar-refractivity contribution < 1.29 is 9.90 Å². The van der Waals surface area contributed by atoms with E-state index in [1.807, 2.05) is 6.07 Å². The van der Waals surface area contributed by atoms with Crippen molar-refractivity contribution in [3.63, 3.8) is 0 Å². The van der Waals surface area contributed by atoms with Crippen LogP contribution in [0.4, 0.5) is 5.69 Å². The van der Waals surface area contributed by atoms with E-state index < -0.39 is 5.60 Å². The van der Waals surface area contributed by atoms with Gasteiger partial charge in [0.15, 0.2) is 0 Å². The Labute approximate surface area is 124 Å². The molecule has 1 amide bonds. The molecule has 0 spiro atoms. The molecule has 0 saturated heterocycles. The quantitative estimate of drug-likeness (QED) is 0.681. The predicted molar refractivity (Wildman–Crippen MR) is 84.8 cm³/mol. The van der Waals surface area contributed by atoms with Crippen LogP contribution in [-0.4, -0.2) is 46.6 Å². The Hall–Kier alpha value is -1.50. The largest absolute Gasteiger partial charge is 0.389 e. The van der Waals surface area contributed by atoms with Gasteiger partial charge in [0.1, 0.15) is 4.99 Å². The van der Waals surface area contributed by atoms with E-state index in [1.165, 1.54) is 0 Å². The number of thiocarbonyl (C=S) groups is 1. The Morgan fingerprint density at radius 2 is 2.05 bits per heavy atom.